The van der Waals surface area contributed by atoms with E-state index in [1.165, 1.54) is 0 Å². The molecule has 0 fully saturated rings. The normalized spacial score (nSPS) is 3.57. The van der Waals surface area contributed by atoms with Crippen molar-refractivity contribution in [2.75, 3.05) is 0 Å². The Kier molecular flexibility index (Phi) is 74.1. The van der Waals surface area contributed by atoms with Crippen molar-refractivity contribution < 1.29 is 103 Å². The van der Waals surface area contributed by atoms with Crippen molar-refractivity contribution >= 4 is 6.29 Å². The topological polar surface area (TPSA) is 17.1 Å². The SMILES string of the molecule is CC[C-]=O.[Y].[Y].[Y]. The van der Waals surface area contributed by atoms with Crippen LogP contribution in [0.1, 0.15) is 13.3 Å². The number of carbonyl (C=O) groups excluding carboxylic acids is 1. The molecule has 0 heterocycles. The molecule has 0 bridgehead atoms. The molecule has 0 saturated carbocycles. The maximum atomic E-state index is 9.05. The second-order valence-corrected chi connectivity index (χ2v) is 0.498. The van der Waals surface area contributed by atoms with Crippen molar-refractivity contribution in [3.63, 3.8) is 0 Å². The number of rotatable bonds is 1. The molecule has 7 heavy (non-hydrogen) atoms. The summed E-state index contributed by atoms with van der Waals surface area (Å²) in [4.78, 5) is 9.05. The van der Waals surface area contributed by atoms with Crippen LogP contribution in [0.5, 0.6) is 0 Å². The van der Waals surface area contributed by atoms with E-state index in [4.69, 9.17) is 4.79 Å². The van der Waals surface area contributed by atoms with Crippen LogP contribution in [0.2, 0.25) is 0 Å². The summed E-state index contributed by atoms with van der Waals surface area (Å²) in [7, 11) is 0. The summed E-state index contributed by atoms with van der Waals surface area (Å²) in [6.07, 6.45) is 2.19. The quantitative estimate of drug-likeness (QED) is 0.642. The molecule has 0 aromatic heterocycles. The molecule has 0 aliphatic rings. The van der Waals surface area contributed by atoms with Gasteiger partial charge in [-0.1, -0.05) is 6.92 Å². The third-order valence-corrected chi connectivity index (χ3v) is 0.144. The second-order valence-electron chi connectivity index (χ2n) is 0.498. The minimum absolute atomic E-state index is 0. The zero-order chi connectivity index (χ0) is 3.41. The summed E-state index contributed by atoms with van der Waals surface area (Å²) in [5.74, 6) is 0. The Labute approximate surface area is 120 Å². The molecule has 0 N–H and O–H groups in total. The van der Waals surface area contributed by atoms with E-state index < -0.39 is 0 Å². The van der Waals surface area contributed by atoms with Crippen molar-refractivity contribution in [2.45, 2.75) is 13.3 Å². The average Bonchev–Trinajstić information content (AvgIpc) is 1.37. The van der Waals surface area contributed by atoms with Gasteiger partial charge in [0.2, 0.25) is 0 Å². The van der Waals surface area contributed by atoms with Crippen LogP contribution in [-0.2, 0) is 103 Å². The van der Waals surface area contributed by atoms with Gasteiger partial charge in [-0.2, -0.15) is 6.42 Å². The molecular formula is C3H5OY3-. The van der Waals surface area contributed by atoms with Crippen molar-refractivity contribution in [1.29, 1.82) is 0 Å². The van der Waals surface area contributed by atoms with E-state index in [-0.39, 0.29) is 98.1 Å². The summed E-state index contributed by atoms with van der Waals surface area (Å²) in [6.45, 7) is 1.76. The molecule has 0 rings (SSSR count). The van der Waals surface area contributed by atoms with Gasteiger partial charge in [-0.05, 0) is 0 Å². The summed E-state index contributed by atoms with van der Waals surface area (Å²) in [6, 6.07) is 0. The first-order valence-corrected chi connectivity index (χ1v) is 1.26. The molecule has 4 heteroatoms. The van der Waals surface area contributed by atoms with E-state index in [2.05, 4.69) is 0 Å². The summed E-state index contributed by atoms with van der Waals surface area (Å²) >= 11 is 0. The minimum Gasteiger partial charge on any atom is -0.542 e. The van der Waals surface area contributed by atoms with Crippen molar-refractivity contribution in [3.05, 3.63) is 0 Å². The minimum atomic E-state index is 0. The maximum absolute atomic E-state index is 9.05. The van der Waals surface area contributed by atoms with Crippen molar-refractivity contribution in [1.82, 2.24) is 0 Å². The molecule has 3 radical (unpaired) electrons. The molecule has 0 aromatic rings. The molecular weight excluding hydrogens is 319 g/mol. The van der Waals surface area contributed by atoms with Crippen LogP contribution in [0, 0.1) is 0 Å². The first kappa shape index (κ1) is 22.5. The first-order chi connectivity index (χ1) is 1.91. The van der Waals surface area contributed by atoms with Crippen LogP contribution in [0.3, 0.4) is 0 Å². The van der Waals surface area contributed by atoms with Crippen molar-refractivity contribution in [2.24, 2.45) is 0 Å². The molecule has 0 aliphatic heterocycles. The smallest absolute Gasteiger partial charge is 0 e. The van der Waals surface area contributed by atoms with E-state index in [1.807, 2.05) is 0 Å². The largest absolute Gasteiger partial charge is 0.542 e. The van der Waals surface area contributed by atoms with E-state index in [0.29, 0.717) is 6.42 Å². The van der Waals surface area contributed by atoms with Gasteiger partial charge in [0.1, 0.15) is 0 Å². The van der Waals surface area contributed by atoms with Gasteiger partial charge < -0.3 is 4.79 Å². The van der Waals surface area contributed by atoms with Crippen LogP contribution in [-0.4, -0.2) is 6.29 Å². The third kappa shape index (κ3) is 27.6. The predicted octanol–water partition coefficient (Wildman–Crippen LogP) is 0.499. The standard InChI is InChI=1S/C3H5O.3Y/c1-2-3-4;;;/h2H2,1H3;;;/q-1;;;. The Morgan fingerprint density at radius 3 is 1.43 bits per heavy atom. The van der Waals surface area contributed by atoms with Gasteiger partial charge in [-0.3, -0.25) is 6.29 Å². The van der Waals surface area contributed by atoms with E-state index in [1.54, 1.807) is 13.2 Å². The summed E-state index contributed by atoms with van der Waals surface area (Å²) < 4.78 is 0. The van der Waals surface area contributed by atoms with Gasteiger partial charge in [-0.25, -0.2) is 0 Å². The predicted molar refractivity (Wildman–Crippen MR) is 16.0 cm³/mol. The Hall–Kier alpha value is 2.98. The Morgan fingerprint density at radius 2 is 1.43 bits per heavy atom. The molecule has 0 amide bonds. The van der Waals surface area contributed by atoms with Gasteiger partial charge >= 0.3 is 0 Å². The molecule has 0 unspecified atom stereocenters. The monoisotopic (exact) mass is 324 g/mol. The fourth-order valence-corrected chi connectivity index (χ4v) is 0. The second kappa shape index (κ2) is 23.1. The molecule has 0 saturated heterocycles. The number of hydrogen-bond acceptors (Lipinski definition) is 1. The molecule has 0 atom stereocenters. The number of hydrogen-bond donors (Lipinski definition) is 0. The van der Waals surface area contributed by atoms with Gasteiger partial charge in [0.05, 0.1) is 0 Å². The fraction of sp³-hybridized carbons (Fsp3) is 0.667. The van der Waals surface area contributed by atoms with Crippen molar-refractivity contribution in [3.8, 4) is 0 Å². The summed E-state index contributed by atoms with van der Waals surface area (Å²) in [5, 5.41) is 0. The van der Waals surface area contributed by atoms with Gasteiger partial charge in [0.15, 0.2) is 0 Å². The molecule has 0 spiro atoms. The third-order valence-electron chi connectivity index (χ3n) is 0.144. The zero-order valence-electron chi connectivity index (χ0n) is 4.35. The van der Waals surface area contributed by atoms with E-state index in [9.17, 15) is 0 Å². The van der Waals surface area contributed by atoms with E-state index in [0.717, 1.165) is 0 Å². The van der Waals surface area contributed by atoms with Gasteiger partial charge in [0.25, 0.3) is 0 Å². The fourth-order valence-electron chi connectivity index (χ4n) is 0. The zero-order valence-corrected chi connectivity index (χ0v) is 12.9. The Bertz CT molecular complexity index is 24.1. The average molecular weight is 324 g/mol. The van der Waals surface area contributed by atoms with Crippen LogP contribution >= 0.6 is 0 Å². The van der Waals surface area contributed by atoms with Crippen LogP contribution < -0.4 is 0 Å². The van der Waals surface area contributed by atoms with Gasteiger partial charge in [0, 0.05) is 98.1 Å². The van der Waals surface area contributed by atoms with Gasteiger partial charge in [-0.15, -0.1) is 0 Å². The maximum Gasteiger partial charge on any atom is 0 e. The van der Waals surface area contributed by atoms with Crippen LogP contribution in [0.4, 0.5) is 0 Å². The molecule has 33 valence electrons. The Morgan fingerprint density at radius 1 is 1.29 bits per heavy atom. The summed E-state index contributed by atoms with van der Waals surface area (Å²) in [5.41, 5.74) is 0. The molecule has 0 aliphatic carbocycles. The van der Waals surface area contributed by atoms with E-state index >= 15 is 0 Å². The molecule has 1 nitrogen and oxygen atoms in total. The molecule has 0 aromatic carbocycles. The van der Waals surface area contributed by atoms with Crippen LogP contribution in [0.25, 0.3) is 0 Å². The first-order valence-electron chi connectivity index (χ1n) is 1.26. The Balaban J connectivity index is -0.0000000150. The van der Waals surface area contributed by atoms with Crippen LogP contribution in [0.15, 0.2) is 0 Å².